The Labute approximate surface area is 223 Å². The van der Waals surface area contributed by atoms with Gasteiger partial charge in [0.2, 0.25) is 0 Å². The number of carbonyl (C=O) groups excluding carboxylic acids is 2. The van der Waals surface area contributed by atoms with E-state index >= 15 is 0 Å². The van der Waals surface area contributed by atoms with Gasteiger partial charge in [0.25, 0.3) is 11.8 Å². The van der Waals surface area contributed by atoms with Gasteiger partial charge >= 0.3 is 0 Å². The molecule has 0 aliphatic rings. The molecule has 0 bridgehead atoms. The van der Waals surface area contributed by atoms with E-state index in [-0.39, 0.29) is 16.6 Å². The molecule has 0 aromatic heterocycles. The Morgan fingerprint density at radius 3 is 1.92 bits per heavy atom. The highest BCUT2D eigenvalue weighted by Crippen LogP contribution is 2.22. The van der Waals surface area contributed by atoms with Gasteiger partial charge in [0.05, 0.1) is 11.3 Å². The first-order valence-corrected chi connectivity index (χ1v) is 11.9. The third kappa shape index (κ3) is 6.82. The van der Waals surface area contributed by atoms with E-state index in [9.17, 15) is 9.59 Å². The number of para-hydroxylation sites is 2. The lowest BCUT2D eigenvalue weighted by Gasteiger charge is -2.14. The van der Waals surface area contributed by atoms with Crippen LogP contribution in [0.4, 0.5) is 22.7 Å². The molecule has 0 unspecified atom stereocenters. The van der Waals surface area contributed by atoms with E-state index in [1.807, 2.05) is 42.5 Å². The molecule has 0 saturated heterocycles. The molecule has 0 heterocycles. The summed E-state index contributed by atoms with van der Waals surface area (Å²) < 4.78 is 0. The van der Waals surface area contributed by atoms with Gasteiger partial charge in [-0.2, -0.15) is 0 Å². The molecule has 9 heteroatoms. The van der Waals surface area contributed by atoms with Crippen LogP contribution in [0.3, 0.4) is 0 Å². The molecule has 36 heavy (non-hydrogen) atoms. The van der Waals surface area contributed by atoms with E-state index in [0.29, 0.717) is 27.0 Å². The van der Waals surface area contributed by atoms with Crippen molar-refractivity contribution in [3.05, 3.63) is 118 Å². The molecular weight excluding hydrogens is 515 g/mol. The van der Waals surface area contributed by atoms with E-state index < -0.39 is 5.91 Å². The molecule has 0 spiro atoms. The maximum absolute atomic E-state index is 13.0. The van der Waals surface area contributed by atoms with E-state index in [0.717, 1.165) is 11.4 Å². The quantitative estimate of drug-likeness (QED) is 0.198. The summed E-state index contributed by atoms with van der Waals surface area (Å²) in [6.45, 7) is 0. The average Bonchev–Trinajstić information content (AvgIpc) is 2.85. The molecule has 0 fully saturated rings. The average molecular weight is 535 g/mol. The minimum atomic E-state index is -0.483. The van der Waals surface area contributed by atoms with Crippen LogP contribution in [0.5, 0.6) is 0 Å². The van der Waals surface area contributed by atoms with Crippen LogP contribution in [-0.2, 0) is 0 Å². The van der Waals surface area contributed by atoms with E-state index in [1.54, 1.807) is 36.4 Å². The van der Waals surface area contributed by atoms with Gasteiger partial charge in [0.15, 0.2) is 5.11 Å². The fourth-order valence-electron chi connectivity index (χ4n) is 3.33. The number of anilines is 4. The van der Waals surface area contributed by atoms with Crippen LogP contribution in [0.2, 0.25) is 10.0 Å². The first-order chi connectivity index (χ1) is 17.4. The molecule has 0 aliphatic carbocycles. The highest BCUT2D eigenvalue weighted by atomic mass is 35.5. The minimum Gasteiger partial charge on any atom is -0.356 e. The second kappa shape index (κ2) is 11.7. The van der Waals surface area contributed by atoms with Crippen LogP contribution >= 0.6 is 35.4 Å². The third-order valence-corrected chi connectivity index (χ3v) is 5.62. The van der Waals surface area contributed by atoms with Crippen molar-refractivity contribution in [1.82, 2.24) is 5.32 Å². The standard InChI is InChI=1S/C27H20Cl2N4O2S/c28-18-14-17(15-19(29)16-18)25(34)33-27(36)32-24-9-5-4-8-23(24)26(35)31-22-12-10-21(11-13-22)30-20-6-2-1-3-7-20/h1-16,30H,(H,31,35)(H2,32,33,34,36). The summed E-state index contributed by atoms with van der Waals surface area (Å²) in [5.74, 6) is -0.819. The zero-order valence-electron chi connectivity index (χ0n) is 18.7. The third-order valence-electron chi connectivity index (χ3n) is 4.98. The van der Waals surface area contributed by atoms with Crippen LogP contribution in [0.15, 0.2) is 97.1 Å². The lowest BCUT2D eigenvalue weighted by molar-refractivity contribution is 0.0976. The molecular formula is C27H20Cl2N4O2S. The molecule has 4 aromatic carbocycles. The zero-order chi connectivity index (χ0) is 25.5. The van der Waals surface area contributed by atoms with E-state index in [4.69, 9.17) is 35.4 Å². The minimum absolute atomic E-state index is 0.0210. The number of carbonyl (C=O) groups is 2. The fraction of sp³-hybridized carbons (Fsp3) is 0. The van der Waals surface area contributed by atoms with Crippen molar-refractivity contribution in [2.75, 3.05) is 16.0 Å². The Morgan fingerprint density at radius 1 is 0.639 bits per heavy atom. The molecule has 4 N–H and O–H groups in total. The molecule has 0 aliphatic heterocycles. The van der Waals surface area contributed by atoms with Crippen molar-refractivity contribution >= 4 is 75.1 Å². The normalized spacial score (nSPS) is 10.3. The number of halogens is 2. The van der Waals surface area contributed by atoms with Crippen molar-refractivity contribution in [1.29, 1.82) is 0 Å². The van der Waals surface area contributed by atoms with Gasteiger partial charge in [-0.3, -0.25) is 14.9 Å². The predicted molar refractivity (Wildman–Crippen MR) is 151 cm³/mol. The summed E-state index contributed by atoms with van der Waals surface area (Å²) in [4.78, 5) is 25.5. The Morgan fingerprint density at radius 2 is 1.22 bits per heavy atom. The Bertz CT molecular complexity index is 1390. The lowest BCUT2D eigenvalue weighted by Crippen LogP contribution is -2.34. The zero-order valence-corrected chi connectivity index (χ0v) is 21.0. The maximum atomic E-state index is 13.0. The number of hydrogen-bond acceptors (Lipinski definition) is 4. The second-order valence-electron chi connectivity index (χ2n) is 7.63. The van der Waals surface area contributed by atoms with Crippen molar-refractivity contribution in [2.24, 2.45) is 0 Å². The molecule has 0 saturated carbocycles. The van der Waals surface area contributed by atoms with Crippen LogP contribution in [-0.4, -0.2) is 16.9 Å². The lowest BCUT2D eigenvalue weighted by atomic mass is 10.1. The molecule has 0 radical (unpaired) electrons. The van der Waals surface area contributed by atoms with Crippen molar-refractivity contribution in [3.63, 3.8) is 0 Å². The summed E-state index contributed by atoms with van der Waals surface area (Å²) in [7, 11) is 0. The summed E-state index contributed by atoms with van der Waals surface area (Å²) >= 11 is 17.2. The molecule has 6 nitrogen and oxygen atoms in total. The Kier molecular flexibility index (Phi) is 8.17. The number of rotatable bonds is 6. The smallest absolute Gasteiger partial charge is 0.257 e. The van der Waals surface area contributed by atoms with Gasteiger partial charge in [-0.25, -0.2) is 0 Å². The summed E-state index contributed by atoms with van der Waals surface area (Å²) in [5.41, 5.74) is 3.53. The monoisotopic (exact) mass is 534 g/mol. The number of hydrogen-bond donors (Lipinski definition) is 4. The van der Waals surface area contributed by atoms with Crippen LogP contribution < -0.4 is 21.3 Å². The summed E-state index contributed by atoms with van der Waals surface area (Å²) in [6, 6.07) is 28.5. The first-order valence-electron chi connectivity index (χ1n) is 10.8. The van der Waals surface area contributed by atoms with Gasteiger partial charge in [-0.05, 0) is 78.9 Å². The Balaban J connectivity index is 1.40. The van der Waals surface area contributed by atoms with Crippen LogP contribution in [0.1, 0.15) is 20.7 Å². The van der Waals surface area contributed by atoms with Crippen LogP contribution in [0, 0.1) is 0 Å². The fourth-order valence-corrected chi connectivity index (χ4v) is 4.06. The SMILES string of the molecule is O=C(NC(=S)Nc1ccccc1C(=O)Nc1ccc(Nc2ccccc2)cc1)c1cc(Cl)cc(Cl)c1. The van der Waals surface area contributed by atoms with Gasteiger partial charge in [-0.15, -0.1) is 0 Å². The van der Waals surface area contributed by atoms with Crippen molar-refractivity contribution in [2.45, 2.75) is 0 Å². The van der Waals surface area contributed by atoms with E-state index in [1.165, 1.54) is 18.2 Å². The summed E-state index contributed by atoms with van der Waals surface area (Å²) in [6.07, 6.45) is 0. The highest BCUT2D eigenvalue weighted by molar-refractivity contribution is 7.80. The molecule has 0 atom stereocenters. The van der Waals surface area contributed by atoms with Gasteiger partial charge < -0.3 is 16.0 Å². The predicted octanol–water partition coefficient (Wildman–Crippen LogP) is 7.12. The first kappa shape index (κ1) is 25.2. The second-order valence-corrected chi connectivity index (χ2v) is 8.92. The Hall–Kier alpha value is -3.91. The number of thiocarbonyl (C=S) groups is 1. The van der Waals surface area contributed by atoms with Gasteiger partial charge in [0, 0.05) is 32.7 Å². The summed E-state index contributed by atoms with van der Waals surface area (Å²) in [5, 5.41) is 12.3. The van der Waals surface area contributed by atoms with Crippen molar-refractivity contribution < 1.29 is 9.59 Å². The number of nitrogens with one attached hydrogen (secondary N) is 4. The highest BCUT2D eigenvalue weighted by Gasteiger charge is 2.15. The number of benzene rings is 4. The van der Waals surface area contributed by atoms with Crippen molar-refractivity contribution in [3.8, 4) is 0 Å². The molecule has 4 rings (SSSR count). The molecule has 2 amide bonds. The molecule has 180 valence electrons. The topological polar surface area (TPSA) is 82.3 Å². The number of amides is 2. The maximum Gasteiger partial charge on any atom is 0.257 e. The van der Waals surface area contributed by atoms with Gasteiger partial charge in [0.1, 0.15) is 0 Å². The van der Waals surface area contributed by atoms with Gasteiger partial charge in [-0.1, -0.05) is 53.5 Å². The van der Waals surface area contributed by atoms with E-state index in [2.05, 4.69) is 21.3 Å². The van der Waals surface area contributed by atoms with Crippen LogP contribution in [0.25, 0.3) is 0 Å². The largest absolute Gasteiger partial charge is 0.356 e. The molecule has 4 aromatic rings.